The molecule has 2 rings (SSSR count). The Kier molecular flexibility index (Phi) is 4.97. The van der Waals surface area contributed by atoms with Crippen LogP contribution in [0.3, 0.4) is 0 Å². The number of hydrogen-bond acceptors (Lipinski definition) is 5. The van der Waals surface area contributed by atoms with Crippen LogP contribution in [-0.2, 0) is 0 Å². The number of nitrogens with zero attached hydrogens (tertiary/aromatic N) is 1. The molecule has 1 aliphatic heterocycles. The molecule has 0 aliphatic carbocycles. The zero-order chi connectivity index (χ0) is 15.5. The summed E-state index contributed by atoms with van der Waals surface area (Å²) in [5, 5.41) is 21.8. The molecule has 0 radical (unpaired) electrons. The minimum atomic E-state index is -3.28. The fraction of sp³-hybridized carbons (Fsp3) is 0.571. The van der Waals surface area contributed by atoms with E-state index >= 15 is 0 Å². The van der Waals surface area contributed by atoms with Crippen molar-refractivity contribution in [2.45, 2.75) is 12.0 Å². The largest absolute Gasteiger partial charge is 0.504 e. The molecule has 3 N–H and O–H groups in total. The van der Waals surface area contributed by atoms with Gasteiger partial charge in [0.1, 0.15) is 12.6 Å². The summed E-state index contributed by atoms with van der Waals surface area (Å²) < 4.78 is 33.4. The van der Waals surface area contributed by atoms with Gasteiger partial charge in [0.05, 0.1) is 7.11 Å². The van der Waals surface area contributed by atoms with Gasteiger partial charge in [0.2, 0.25) is 0 Å². The first-order valence-electron chi connectivity index (χ1n) is 6.80. The first-order valence-corrected chi connectivity index (χ1v) is 6.80. The third kappa shape index (κ3) is 3.42. The van der Waals surface area contributed by atoms with E-state index in [2.05, 4.69) is 5.32 Å². The molecule has 1 aromatic carbocycles. The number of aromatic hydroxyl groups is 1. The van der Waals surface area contributed by atoms with E-state index in [0.717, 1.165) is 0 Å². The minimum Gasteiger partial charge on any atom is -0.504 e. The molecule has 1 aliphatic rings. The highest BCUT2D eigenvalue weighted by Gasteiger charge is 2.44. The first kappa shape index (κ1) is 15.9. The quantitative estimate of drug-likeness (QED) is 0.756. The van der Waals surface area contributed by atoms with Crippen LogP contribution in [0, 0.1) is 0 Å². The molecule has 0 unspecified atom stereocenters. The van der Waals surface area contributed by atoms with Crippen molar-refractivity contribution >= 4 is 0 Å². The molecular formula is C14H20F2N2O3. The average molecular weight is 302 g/mol. The Balaban J connectivity index is 2.38. The molecule has 0 saturated carbocycles. The van der Waals surface area contributed by atoms with E-state index in [1.54, 1.807) is 4.90 Å². The van der Waals surface area contributed by atoms with Crippen LogP contribution in [0.4, 0.5) is 8.78 Å². The summed E-state index contributed by atoms with van der Waals surface area (Å²) in [4.78, 5) is 1.64. The van der Waals surface area contributed by atoms with Gasteiger partial charge in [-0.1, -0.05) is 6.07 Å². The number of hydrogen-bond donors (Lipinski definition) is 3. The van der Waals surface area contributed by atoms with Gasteiger partial charge in [-0.25, -0.2) is 8.78 Å². The topological polar surface area (TPSA) is 65.0 Å². The third-order valence-electron chi connectivity index (χ3n) is 3.65. The van der Waals surface area contributed by atoms with Gasteiger partial charge in [-0.2, -0.15) is 0 Å². The molecule has 21 heavy (non-hydrogen) atoms. The molecule has 118 valence electrons. The van der Waals surface area contributed by atoms with Gasteiger partial charge in [-0.3, -0.25) is 4.90 Å². The van der Waals surface area contributed by atoms with Gasteiger partial charge in [-0.05, 0) is 17.7 Å². The van der Waals surface area contributed by atoms with Crippen LogP contribution in [0.2, 0.25) is 0 Å². The standard InChI is InChI=1S/C14H20F2N2O3/c1-21-12-8-10(2-3-11(12)20)13(14(15,16)9-19)18-6-4-17-5-7-18/h2-3,8,13,17,19-20H,4-7,9H2,1H3/t13-/m1/s1. The summed E-state index contributed by atoms with van der Waals surface area (Å²) in [6.07, 6.45) is 0. The normalized spacial score (nSPS) is 18.5. The van der Waals surface area contributed by atoms with E-state index in [-0.39, 0.29) is 11.5 Å². The van der Waals surface area contributed by atoms with E-state index in [1.807, 2.05) is 0 Å². The van der Waals surface area contributed by atoms with Gasteiger partial charge in [0, 0.05) is 26.2 Å². The molecule has 5 nitrogen and oxygen atoms in total. The van der Waals surface area contributed by atoms with Crippen LogP contribution in [-0.4, -0.2) is 60.9 Å². The highest BCUT2D eigenvalue weighted by Crippen LogP contribution is 2.39. The number of aliphatic hydroxyl groups is 1. The van der Waals surface area contributed by atoms with Crippen LogP contribution in [0.15, 0.2) is 18.2 Å². The molecule has 0 bridgehead atoms. The summed E-state index contributed by atoms with van der Waals surface area (Å²) in [5.41, 5.74) is 0.311. The number of phenolic OH excluding ortho intramolecular Hbond substituents is 1. The Bertz CT molecular complexity index is 479. The SMILES string of the molecule is COc1cc([C@@H](N2CCNCC2)C(F)(F)CO)ccc1O. The van der Waals surface area contributed by atoms with Crippen LogP contribution in [0.25, 0.3) is 0 Å². The van der Waals surface area contributed by atoms with Crippen molar-refractivity contribution in [3.63, 3.8) is 0 Å². The van der Waals surface area contributed by atoms with Crippen molar-refractivity contribution in [1.29, 1.82) is 0 Å². The highest BCUT2D eigenvalue weighted by molar-refractivity contribution is 5.43. The monoisotopic (exact) mass is 302 g/mol. The maximum atomic E-state index is 14.2. The van der Waals surface area contributed by atoms with Crippen LogP contribution in [0.5, 0.6) is 11.5 Å². The Morgan fingerprint density at radius 1 is 1.38 bits per heavy atom. The Labute approximate surface area is 122 Å². The Hall–Kier alpha value is -1.44. The maximum absolute atomic E-state index is 14.2. The number of halogens is 2. The van der Waals surface area contributed by atoms with Crippen LogP contribution < -0.4 is 10.1 Å². The number of benzene rings is 1. The molecule has 1 atom stereocenters. The zero-order valence-electron chi connectivity index (χ0n) is 11.9. The van der Waals surface area contributed by atoms with Crippen molar-refractivity contribution in [3.05, 3.63) is 23.8 Å². The van der Waals surface area contributed by atoms with Gasteiger partial charge >= 0.3 is 0 Å². The van der Waals surface area contributed by atoms with Gasteiger partial charge < -0.3 is 20.3 Å². The number of alkyl halides is 2. The second-order valence-electron chi connectivity index (χ2n) is 5.04. The molecule has 0 amide bonds. The molecule has 0 spiro atoms. The molecule has 1 heterocycles. The molecule has 1 aromatic rings. The summed E-state index contributed by atoms with van der Waals surface area (Å²) >= 11 is 0. The molecule has 1 fully saturated rings. The summed E-state index contributed by atoms with van der Waals surface area (Å²) in [5.74, 6) is -3.24. The average Bonchev–Trinajstić information content (AvgIpc) is 2.50. The summed E-state index contributed by atoms with van der Waals surface area (Å²) in [6.45, 7) is 0.929. The van der Waals surface area contributed by atoms with E-state index in [9.17, 15) is 13.9 Å². The van der Waals surface area contributed by atoms with Gasteiger partial charge in [-0.15, -0.1) is 0 Å². The lowest BCUT2D eigenvalue weighted by Crippen LogP contribution is -2.51. The van der Waals surface area contributed by atoms with Crippen molar-refractivity contribution in [1.82, 2.24) is 10.2 Å². The number of rotatable bonds is 5. The molecule has 0 aromatic heterocycles. The smallest absolute Gasteiger partial charge is 0.289 e. The van der Waals surface area contributed by atoms with Crippen LogP contribution in [0.1, 0.15) is 11.6 Å². The predicted octanol–water partition coefficient (Wildman–Crippen LogP) is 0.975. The fourth-order valence-corrected chi connectivity index (χ4v) is 2.61. The van der Waals surface area contributed by atoms with Crippen molar-refractivity contribution < 1.29 is 23.7 Å². The van der Waals surface area contributed by atoms with Crippen molar-refractivity contribution in [2.75, 3.05) is 39.9 Å². The first-order chi connectivity index (χ1) is 9.99. The summed E-state index contributed by atoms with van der Waals surface area (Å²) in [6, 6.07) is 2.91. The van der Waals surface area contributed by atoms with E-state index < -0.39 is 18.6 Å². The third-order valence-corrected chi connectivity index (χ3v) is 3.65. The van der Waals surface area contributed by atoms with Gasteiger partial charge in [0.25, 0.3) is 5.92 Å². The van der Waals surface area contributed by atoms with Crippen LogP contribution >= 0.6 is 0 Å². The highest BCUT2D eigenvalue weighted by atomic mass is 19.3. The molecular weight excluding hydrogens is 282 g/mol. The second kappa shape index (κ2) is 6.55. The van der Waals surface area contributed by atoms with E-state index in [0.29, 0.717) is 31.7 Å². The second-order valence-corrected chi connectivity index (χ2v) is 5.04. The zero-order valence-corrected chi connectivity index (χ0v) is 11.9. The number of methoxy groups -OCH3 is 1. The Morgan fingerprint density at radius 2 is 2.05 bits per heavy atom. The Morgan fingerprint density at radius 3 is 2.62 bits per heavy atom. The maximum Gasteiger partial charge on any atom is 0.289 e. The lowest BCUT2D eigenvalue weighted by atomic mass is 9.97. The lowest BCUT2D eigenvalue weighted by Gasteiger charge is -2.38. The van der Waals surface area contributed by atoms with E-state index in [1.165, 1.54) is 25.3 Å². The molecule has 1 saturated heterocycles. The van der Waals surface area contributed by atoms with Crippen molar-refractivity contribution in [3.8, 4) is 11.5 Å². The molecule has 7 heteroatoms. The van der Waals surface area contributed by atoms with Crippen molar-refractivity contribution in [2.24, 2.45) is 0 Å². The van der Waals surface area contributed by atoms with Gasteiger partial charge in [0.15, 0.2) is 11.5 Å². The number of aliphatic hydroxyl groups excluding tert-OH is 1. The number of nitrogens with one attached hydrogen (secondary N) is 1. The van der Waals surface area contributed by atoms with E-state index in [4.69, 9.17) is 9.84 Å². The number of phenols is 1. The minimum absolute atomic E-state index is 0.104. The lowest BCUT2D eigenvalue weighted by molar-refractivity contribution is -0.118. The number of ether oxygens (including phenoxy) is 1. The number of piperazine rings is 1. The summed E-state index contributed by atoms with van der Waals surface area (Å²) in [7, 11) is 1.36. The fourth-order valence-electron chi connectivity index (χ4n) is 2.61. The predicted molar refractivity (Wildman–Crippen MR) is 73.9 cm³/mol.